The molecule has 0 N–H and O–H groups in total. The fraction of sp³-hybridized carbons (Fsp3) is 0.571. The number of likely N-dealkylation sites (tertiary alicyclic amines) is 1. The third kappa shape index (κ3) is 3.20. The van der Waals surface area contributed by atoms with Gasteiger partial charge in [0, 0.05) is 11.1 Å². The second kappa shape index (κ2) is 7.20. The lowest BCUT2D eigenvalue weighted by atomic mass is 9.82. The molecular formula is C21H26N2O2. The molecule has 2 fully saturated rings. The zero-order chi connectivity index (χ0) is 17.2. The van der Waals surface area contributed by atoms with E-state index < -0.39 is 6.04 Å². The van der Waals surface area contributed by atoms with Gasteiger partial charge >= 0.3 is 0 Å². The first-order valence-electron chi connectivity index (χ1n) is 9.75. The van der Waals surface area contributed by atoms with Crippen molar-refractivity contribution in [3.8, 4) is 0 Å². The normalized spacial score (nSPS) is 27.5. The lowest BCUT2D eigenvalue weighted by Crippen LogP contribution is -2.54. The topological polar surface area (TPSA) is 49.7 Å². The van der Waals surface area contributed by atoms with Crippen molar-refractivity contribution in [2.45, 2.75) is 63.5 Å². The molecule has 1 unspecified atom stereocenters. The van der Waals surface area contributed by atoms with E-state index in [1.165, 1.54) is 25.7 Å². The highest BCUT2D eigenvalue weighted by Gasteiger charge is 2.42. The predicted octanol–water partition coefficient (Wildman–Crippen LogP) is 3.69. The van der Waals surface area contributed by atoms with E-state index in [1.807, 2.05) is 12.1 Å². The fourth-order valence-corrected chi connectivity index (χ4v) is 4.48. The summed E-state index contributed by atoms with van der Waals surface area (Å²) in [5.74, 6) is 0.0306. The quantitative estimate of drug-likeness (QED) is 0.826. The molecule has 1 aromatic rings. The van der Waals surface area contributed by atoms with Crippen LogP contribution in [0.15, 0.2) is 29.3 Å². The van der Waals surface area contributed by atoms with Crippen molar-refractivity contribution >= 4 is 17.3 Å². The molecule has 1 aliphatic heterocycles. The number of carbonyl (C=O) groups is 2. The Morgan fingerprint density at radius 3 is 2.20 bits per heavy atom. The van der Waals surface area contributed by atoms with Crippen molar-refractivity contribution in [3.63, 3.8) is 0 Å². The molecule has 1 atom stereocenters. The van der Waals surface area contributed by atoms with Crippen molar-refractivity contribution in [1.29, 1.82) is 0 Å². The summed E-state index contributed by atoms with van der Waals surface area (Å²) in [7, 11) is 0. The molecule has 0 bridgehead atoms. The maximum atomic E-state index is 13.2. The van der Waals surface area contributed by atoms with Gasteiger partial charge < -0.3 is 0 Å². The number of nitrogens with zero attached hydrogens (tertiary/aromatic N) is 2. The molecule has 1 heterocycles. The molecule has 25 heavy (non-hydrogen) atoms. The summed E-state index contributed by atoms with van der Waals surface area (Å²) in [5.41, 5.74) is 1.62. The molecule has 1 saturated heterocycles. The minimum absolute atomic E-state index is 0.0312. The first-order valence-corrected chi connectivity index (χ1v) is 9.75. The molecule has 2 aliphatic carbocycles. The number of ketones is 2. The zero-order valence-corrected chi connectivity index (χ0v) is 14.7. The van der Waals surface area contributed by atoms with Gasteiger partial charge in [0.25, 0.3) is 0 Å². The van der Waals surface area contributed by atoms with Gasteiger partial charge in [0.2, 0.25) is 5.78 Å². The van der Waals surface area contributed by atoms with Crippen LogP contribution >= 0.6 is 0 Å². The SMILES string of the molecule is O=C1C(=NC2CCCCC2)C(N2CCCCC2)C(=O)c2ccccc21. The van der Waals surface area contributed by atoms with Gasteiger partial charge in [0.15, 0.2) is 5.78 Å². The maximum Gasteiger partial charge on any atom is 0.209 e. The largest absolute Gasteiger partial charge is 0.292 e. The summed E-state index contributed by atoms with van der Waals surface area (Å²) in [6.45, 7) is 1.77. The van der Waals surface area contributed by atoms with Gasteiger partial charge in [0.1, 0.15) is 11.8 Å². The minimum Gasteiger partial charge on any atom is -0.292 e. The van der Waals surface area contributed by atoms with Crippen LogP contribution in [0.25, 0.3) is 0 Å². The molecule has 1 aromatic carbocycles. The Kier molecular flexibility index (Phi) is 4.80. The number of fused-ring (bicyclic) bond motifs is 1. The number of piperidine rings is 1. The molecule has 3 aliphatic rings. The standard InChI is InChI=1S/C21H26N2O2/c24-20-16-11-5-6-12-17(16)21(25)19(23-13-7-2-8-14-23)18(20)22-15-9-3-1-4-10-15/h5-6,11-12,15,19H,1-4,7-10,13-14H2. The first kappa shape index (κ1) is 16.6. The van der Waals surface area contributed by atoms with Crippen LogP contribution in [0.1, 0.15) is 72.1 Å². The second-order valence-electron chi connectivity index (χ2n) is 7.54. The third-order valence-electron chi connectivity index (χ3n) is 5.83. The number of rotatable bonds is 2. The predicted molar refractivity (Wildman–Crippen MR) is 98.6 cm³/mol. The Morgan fingerprint density at radius 1 is 0.840 bits per heavy atom. The minimum atomic E-state index is -0.468. The molecule has 4 heteroatoms. The van der Waals surface area contributed by atoms with E-state index in [4.69, 9.17) is 4.99 Å². The number of hydrogen-bond donors (Lipinski definition) is 0. The van der Waals surface area contributed by atoms with Crippen LogP contribution in [-0.4, -0.2) is 47.4 Å². The van der Waals surface area contributed by atoms with Gasteiger partial charge in [-0.05, 0) is 38.8 Å². The molecule has 0 aromatic heterocycles. The lowest BCUT2D eigenvalue weighted by Gasteiger charge is -2.37. The number of benzene rings is 1. The zero-order valence-electron chi connectivity index (χ0n) is 14.7. The lowest BCUT2D eigenvalue weighted by molar-refractivity contribution is 0.0830. The molecule has 4 rings (SSSR count). The second-order valence-corrected chi connectivity index (χ2v) is 7.54. The van der Waals surface area contributed by atoms with Gasteiger partial charge in [-0.3, -0.25) is 19.5 Å². The molecule has 1 saturated carbocycles. The van der Waals surface area contributed by atoms with Crippen molar-refractivity contribution in [3.05, 3.63) is 35.4 Å². The Morgan fingerprint density at radius 2 is 1.48 bits per heavy atom. The van der Waals surface area contributed by atoms with E-state index >= 15 is 0 Å². The third-order valence-corrected chi connectivity index (χ3v) is 5.83. The Balaban J connectivity index is 1.75. The van der Waals surface area contributed by atoms with Crippen LogP contribution < -0.4 is 0 Å². The monoisotopic (exact) mass is 338 g/mol. The van der Waals surface area contributed by atoms with E-state index in [0.717, 1.165) is 38.8 Å². The molecule has 0 radical (unpaired) electrons. The summed E-state index contributed by atoms with van der Waals surface area (Å²) < 4.78 is 0. The van der Waals surface area contributed by atoms with E-state index in [1.54, 1.807) is 12.1 Å². The van der Waals surface area contributed by atoms with Crippen molar-refractivity contribution in [2.24, 2.45) is 4.99 Å². The Hall–Kier alpha value is -1.81. The average Bonchev–Trinajstić information content (AvgIpc) is 2.68. The summed E-state index contributed by atoms with van der Waals surface area (Å²) in [5, 5.41) is 0. The number of aliphatic imine (C=N–C) groups is 1. The van der Waals surface area contributed by atoms with E-state index in [2.05, 4.69) is 4.90 Å². The first-order chi connectivity index (χ1) is 12.3. The molecular weight excluding hydrogens is 312 g/mol. The van der Waals surface area contributed by atoms with Crippen molar-refractivity contribution < 1.29 is 9.59 Å². The molecule has 0 spiro atoms. The van der Waals surface area contributed by atoms with Gasteiger partial charge in [0.05, 0.1) is 6.04 Å². The summed E-state index contributed by atoms with van der Waals surface area (Å²) in [4.78, 5) is 33.5. The smallest absolute Gasteiger partial charge is 0.209 e. The van der Waals surface area contributed by atoms with Crippen LogP contribution in [-0.2, 0) is 0 Å². The van der Waals surface area contributed by atoms with E-state index in [0.29, 0.717) is 16.8 Å². The van der Waals surface area contributed by atoms with Crippen molar-refractivity contribution in [2.75, 3.05) is 13.1 Å². The highest BCUT2D eigenvalue weighted by Crippen LogP contribution is 2.28. The van der Waals surface area contributed by atoms with Crippen LogP contribution in [0.3, 0.4) is 0 Å². The molecule has 132 valence electrons. The van der Waals surface area contributed by atoms with Crippen LogP contribution in [0.2, 0.25) is 0 Å². The summed E-state index contributed by atoms with van der Waals surface area (Å²) in [6.07, 6.45) is 9.08. The number of Topliss-reactive ketones (excluding diaryl/α,β-unsaturated/α-hetero) is 2. The van der Waals surface area contributed by atoms with E-state index in [-0.39, 0.29) is 17.6 Å². The van der Waals surface area contributed by atoms with Gasteiger partial charge in [-0.1, -0.05) is 49.9 Å². The number of carbonyl (C=O) groups excluding carboxylic acids is 2. The number of hydrogen-bond acceptors (Lipinski definition) is 4. The maximum absolute atomic E-state index is 13.2. The van der Waals surface area contributed by atoms with Crippen LogP contribution in [0.4, 0.5) is 0 Å². The Labute approximate surface area is 149 Å². The van der Waals surface area contributed by atoms with Crippen LogP contribution in [0.5, 0.6) is 0 Å². The van der Waals surface area contributed by atoms with Crippen LogP contribution in [0, 0.1) is 0 Å². The van der Waals surface area contributed by atoms with Crippen molar-refractivity contribution in [1.82, 2.24) is 4.90 Å². The highest BCUT2D eigenvalue weighted by atomic mass is 16.1. The molecule has 0 amide bonds. The highest BCUT2D eigenvalue weighted by molar-refractivity contribution is 6.55. The van der Waals surface area contributed by atoms with Gasteiger partial charge in [-0.2, -0.15) is 0 Å². The average molecular weight is 338 g/mol. The molecule has 4 nitrogen and oxygen atoms in total. The fourth-order valence-electron chi connectivity index (χ4n) is 4.48. The summed E-state index contributed by atoms with van der Waals surface area (Å²) >= 11 is 0. The summed E-state index contributed by atoms with van der Waals surface area (Å²) in [6, 6.07) is 6.99. The van der Waals surface area contributed by atoms with Gasteiger partial charge in [-0.15, -0.1) is 0 Å². The Bertz CT molecular complexity index is 698. The van der Waals surface area contributed by atoms with Gasteiger partial charge in [-0.25, -0.2) is 0 Å². The van der Waals surface area contributed by atoms with E-state index in [9.17, 15) is 9.59 Å².